The van der Waals surface area contributed by atoms with Gasteiger partial charge >= 0.3 is 11.9 Å². The topological polar surface area (TPSA) is 107 Å². The van der Waals surface area contributed by atoms with Crippen molar-refractivity contribution in [2.24, 2.45) is 0 Å². The van der Waals surface area contributed by atoms with Crippen LogP contribution in [0.2, 0.25) is 0 Å². The van der Waals surface area contributed by atoms with E-state index >= 15 is 0 Å². The van der Waals surface area contributed by atoms with Crippen molar-refractivity contribution in [3.05, 3.63) is 12.2 Å². The summed E-state index contributed by atoms with van der Waals surface area (Å²) in [7, 11) is 0. The lowest BCUT2D eigenvalue weighted by atomic mass is 10.1. The molecule has 36 heavy (non-hydrogen) atoms. The molecule has 3 N–H and O–H groups in total. The zero-order chi connectivity index (χ0) is 27.4. The predicted molar refractivity (Wildman–Crippen MR) is 149 cm³/mol. The number of amides is 1. The van der Waals surface area contributed by atoms with Crippen LogP contribution in [0.1, 0.15) is 130 Å². The molecular weight excluding hydrogens is 456 g/mol. The maximum Gasteiger partial charge on any atom is 0.326 e. The molecule has 1 atom stereocenters. The summed E-state index contributed by atoms with van der Waals surface area (Å²) in [6.45, 7) is 12.4. The Morgan fingerprint density at radius 3 is 1.58 bits per heavy atom. The zero-order valence-electron chi connectivity index (χ0n) is 23.7. The summed E-state index contributed by atoms with van der Waals surface area (Å²) in [6.07, 6.45) is 19.9. The minimum atomic E-state index is -1.19. The maximum atomic E-state index is 11.8. The third-order valence-electron chi connectivity index (χ3n) is 6.29. The minimum absolute atomic E-state index is 0.0945. The van der Waals surface area contributed by atoms with Crippen LogP contribution in [0.3, 0.4) is 0 Å². The number of nitrogens with one attached hydrogen (secondary N) is 1. The Kier molecular flexibility index (Phi) is 27.9. The molecular formula is C29H56N2O5. The second-order valence-electron chi connectivity index (χ2n) is 9.34. The molecule has 0 spiro atoms. The average molecular weight is 513 g/mol. The summed E-state index contributed by atoms with van der Waals surface area (Å²) in [5, 5.41) is 20.1. The molecule has 0 saturated carbocycles. The van der Waals surface area contributed by atoms with Gasteiger partial charge in [0.1, 0.15) is 6.04 Å². The van der Waals surface area contributed by atoms with Crippen LogP contribution in [0, 0.1) is 0 Å². The third kappa shape index (κ3) is 26.7. The van der Waals surface area contributed by atoms with Crippen LogP contribution >= 0.6 is 0 Å². The highest BCUT2D eigenvalue weighted by molar-refractivity contribution is 5.83. The first-order chi connectivity index (χ1) is 17.3. The fourth-order valence-electron chi connectivity index (χ4n) is 3.82. The van der Waals surface area contributed by atoms with Crippen molar-refractivity contribution < 1.29 is 24.6 Å². The first-order valence-electron chi connectivity index (χ1n) is 14.4. The van der Waals surface area contributed by atoms with Crippen LogP contribution in [0.15, 0.2) is 12.2 Å². The number of hydrogen-bond acceptors (Lipinski definition) is 4. The molecule has 0 heterocycles. The monoisotopic (exact) mass is 512 g/mol. The Morgan fingerprint density at radius 1 is 0.694 bits per heavy atom. The van der Waals surface area contributed by atoms with Gasteiger partial charge < -0.3 is 20.4 Å². The molecule has 0 aromatic rings. The molecule has 0 rings (SSSR count). The van der Waals surface area contributed by atoms with Crippen LogP contribution in [-0.2, 0) is 14.4 Å². The van der Waals surface area contributed by atoms with E-state index in [9.17, 15) is 14.4 Å². The number of carbonyl (C=O) groups excluding carboxylic acids is 1. The van der Waals surface area contributed by atoms with Crippen LogP contribution in [0.4, 0.5) is 0 Å². The second kappa shape index (κ2) is 27.7. The van der Waals surface area contributed by atoms with Gasteiger partial charge in [0.25, 0.3) is 0 Å². The van der Waals surface area contributed by atoms with Gasteiger partial charge in [-0.25, -0.2) is 4.79 Å². The zero-order valence-corrected chi connectivity index (χ0v) is 23.7. The number of rotatable bonds is 23. The van der Waals surface area contributed by atoms with E-state index in [4.69, 9.17) is 10.2 Å². The lowest BCUT2D eigenvalue weighted by Gasteiger charge is -2.13. The summed E-state index contributed by atoms with van der Waals surface area (Å²) in [4.78, 5) is 35.8. The first kappa shape index (κ1) is 36.3. The number of unbranched alkanes of at least 4 members (excludes halogenated alkanes) is 11. The highest BCUT2D eigenvalue weighted by Crippen LogP contribution is 2.10. The lowest BCUT2D eigenvalue weighted by molar-refractivity contribution is -0.143. The smallest absolute Gasteiger partial charge is 0.326 e. The highest BCUT2D eigenvalue weighted by atomic mass is 16.4. The number of carboxylic acids is 2. The van der Waals surface area contributed by atoms with Gasteiger partial charge in [0.2, 0.25) is 5.91 Å². The molecule has 0 aliphatic rings. The Hall–Kier alpha value is -1.89. The van der Waals surface area contributed by atoms with E-state index < -0.39 is 18.0 Å². The third-order valence-corrected chi connectivity index (χ3v) is 6.29. The first-order valence-corrected chi connectivity index (χ1v) is 14.4. The van der Waals surface area contributed by atoms with Crippen LogP contribution < -0.4 is 5.32 Å². The molecule has 0 aromatic carbocycles. The predicted octanol–water partition coefficient (Wildman–Crippen LogP) is 6.81. The van der Waals surface area contributed by atoms with E-state index in [0.29, 0.717) is 0 Å². The van der Waals surface area contributed by atoms with Gasteiger partial charge in [0, 0.05) is 12.8 Å². The van der Waals surface area contributed by atoms with Crippen molar-refractivity contribution in [2.75, 3.05) is 19.6 Å². The Bertz CT molecular complexity index is 556. The molecule has 7 heteroatoms. The fourth-order valence-corrected chi connectivity index (χ4v) is 3.82. The Morgan fingerprint density at radius 2 is 1.17 bits per heavy atom. The molecule has 0 aliphatic carbocycles. The molecule has 0 bridgehead atoms. The van der Waals surface area contributed by atoms with E-state index in [-0.39, 0.29) is 25.2 Å². The normalized spacial score (nSPS) is 11.8. The molecule has 0 fully saturated rings. The van der Waals surface area contributed by atoms with Gasteiger partial charge in [-0.05, 0) is 58.2 Å². The Labute approximate surface area is 221 Å². The van der Waals surface area contributed by atoms with Crippen molar-refractivity contribution in [1.82, 2.24) is 10.2 Å². The molecule has 212 valence electrons. The molecule has 0 aromatic heterocycles. The molecule has 0 saturated heterocycles. The molecule has 1 amide bonds. The molecule has 0 unspecified atom stereocenters. The van der Waals surface area contributed by atoms with E-state index in [1.165, 1.54) is 64.6 Å². The van der Waals surface area contributed by atoms with Gasteiger partial charge in [-0.3, -0.25) is 9.59 Å². The standard InChI is InChI=1S/C23H41NO5.C6H15N/c1-2-3-4-5-6-7-8-9-10-11-12-13-14-15-16-17-21(25)24-20(23(28)29)18-19-22(26)27;1-4-7(5-2)6-3/h9-10,20H,2-8,11-19H2,1H3,(H,24,25)(H,26,27)(H,28,29);4-6H2,1-3H3/b10-9-;/t20-;/m0./s1. The van der Waals surface area contributed by atoms with Crippen LogP contribution in [-0.4, -0.2) is 58.6 Å². The summed E-state index contributed by atoms with van der Waals surface area (Å²) in [6, 6.07) is -1.12. The summed E-state index contributed by atoms with van der Waals surface area (Å²) in [5.74, 6) is -2.58. The van der Waals surface area contributed by atoms with Gasteiger partial charge in [-0.15, -0.1) is 0 Å². The van der Waals surface area contributed by atoms with E-state index in [2.05, 4.69) is 50.1 Å². The maximum absolute atomic E-state index is 11.8. The number of carboxylic acid groups (broad SMARTS) is 2. The SMILES string of the molecule is CCCCCCCC/C=C\CCCCCCCC(=O)N[C@@H](CCC(=O)O)C(=O)O.CCN(CC)CC. The van der Waals surface area contributed by atoms with Gasteiger partial charge in [-0.2, -0.15) is 0 Å². The van der Waals surface area contributed by atoms with E-state index in [1.54, 1.807) is 0 Å². The van der Waals surface area contributed by atoms with Gasteiger partial charge in [-0.1, -0.05) is 91.2 Å². The molecule has 0 aliphatic heterocycles. The summed E-state index contributed by atoms with van der Waals surface area (Å²) >= 11 is 0. The van der Waals surface area contributed by atoms with Crippen LogP contribution in [0.5, 0.6) is 0 Å². The average Bonchev–Trinajstić information content (AvgIpc) is 2.85. The summed E-state index contributed by atoms with van der Waals surface area (Å²) < 4.78 is 0. The number of hydrogen-bond donors (Lipinski definition) is 3. The molecule has 7 nitrogen and oxygen atoms in total. The lowest BCUT2D eigenvalue weighted by Crippen LogP contribution is -2.41. The quantitative estimate of drug-likeness (QED) is 0.103. The highest BCUT2D eigenvalue weighted by Gasteiger charge is 2.20. The minimum Gasteiger partial charge on any atom is -0.481 e. The van der Waals surface area contributed by atoms with Crippen LogP contribution in [0.25, 0.3) is 0 Å². The summed E-state index contributed by atoms with van der Waals surface area (Å²) in [5.41, 5.74) is 0. The van der Waals surface area contributed by atoms with Gasteiger partial charge in [0.15, 0.2) is 0 Å². The number of aliphatic carboxylic acids is 2. The number of allylic oxidation sites excluding steroid dienone is 2. The van der Waals surface area contributed by atoms with Crippen molar-refractivity contribution in [1.29, 1.82) is 0 Å². The number of nitrogens with zero attached hydrogens (tertiary/aromatic N) is 1. The van der Waals surface area contributed by atoms with E-state index in [0.717, 1.165) is 38.5 Å². The molecule has 0 radical (unpaired) electrons. The van der Waals surface area contributed by atoms with Gasteiger partial charge in [0.05, 0.1) is 0 Å². The van der Waals surface area contributed by atoms with Crippen molar-refractivity contribution in [3.63, 3.8) is 0 Å². The largest absolute Gasteiger partial charge is 0.481 e. The number of carbonyl (C=O) groups is 3. The van der Waals surface area contributed by atoms with Crippen molar-refractivity contribution in [2.45, 2.75) is 136 Å². The van der Waals surface area contributed by atoms with Crippen molar-refractivity contribution in [3.8, 4) is 0 Å². The fraction of sp³-hybridized carbons (Fsp3) is 0.828. The van der Waals surface area contributed by atoms with Crippen molar-refractivity contribution >= 4 is 17.8 Å². The van der Waals surface area contributed by atoms with E-state index in [1.807, 2.05) is 0 Å². The Balaban J connectivity index is 0. The second-order valence-corrected chi connectivity index (χ2v) is 9.34.